The lowest BCUT2D eigenvalue weighted by Crippen LogP contribution is -2.23. The number of methoxy groups -OCH3 is 1. The number of aliphatic hydroxyl groups is 1. The van der Waals surface area contributed by atoms with Gasteiger partial charge in [-0.3, -0.25) is 4.79 Å². The number of halogens is 1. The van der Waals surface area contributed by atoms with Crippen molar-refractivity contribution < 1.29 is 14.6 Å². The molecule has 2 N–H and O–H groups in total. The van der Waals surface area contributed by atoms with E-state index in [1.807, 2.05) is 36.4 Å². The van der Waals surface area contributed by atoms with Crippen LogP contribution < -0.4 is 10.1 Å². The molecule has 25 heavy (non-hydrogen) atoms. The summed E-state index contributed by atoms with van der Waals surface area (Å²) < 4.78 is 5.22. The molecule has 1 saturated heterocycles. The number of ether oxygens (including phenoxy) is 1. The first-order valence-electron chi connectivity index (χ1n) is 8.03. The minimum atomic E-state index is -0.0384. The average molecular weight is 359 g/mol. The van der Waals surface area contributed by atoms with Gasteiger partial charge in [0.1, 0.15) is 5.02 Å². The van der Waals surface area contributed by atoms with E-state index in [0.717, 1.165) is 23.1 Å². The molecule has 3 rings (SSSR count). The third-order valence-corrected chi connectivity index (χ3v) is 4.41. The van der Waals surface area contributed by atoms with Crippen molar-refractivity contribution in [2.24, 2.45) is 0 Å². The first-order valence-corrected chi connectivity index (χ1v) is 8.40. The zero-order valence-corrected chi connectivity index (χ0v) is 14.6. The number of aliphatic hydroxyl groups excluding tert-OH is 1. The summed E-state index contributed by atoms with van der Waals surface area (Å²) in [4.78, 5) is 16.0. The van der Waals surface area contributed by atoms with Gasteiger partial charge in [0.15, 0.2) is 0 Å². The summed E-state index contributed by atoms with van der Waals surface area (Å²) in [6.45, 7) is -0.00890. The number of amides is 1. The normalized spacial score (nSPS) is 17.5. The fourth-order valence-electron chi connectivity index (χ4n) is 2.80. The monoisotopic (exact) mass is 358 g/mol. The van der Waals surface area contributed by atoms with E-state index >= 15 is 0 Å². The first-order chi connectivity index (χ1) is 12.1. The Hall–Kier alpha value is -2.37. The number of benzene rings is 1. The summed E-state index contributed by atoms with van der Waals surface area (Å²) in [6, 6.07) is 11.1. The van der Waals surface area contributed by atoms with E-state index in [1.54, 1.807) is 6.07 Å². The van der Waals surface area contributed by atoms with Crippen molar-refractivity contribution in [3.8, 4) is 5.88 Å². The Morgan fingerprint density at radius 1 is 1.36 bits per heavy atom. The van der Waals surface area contributed by atoms with Gasteiger partial charge in [0.05, 0.1) is 19.4 Å². The van der Waals surface area contributed by atoms with Crippen molar-refractivity contribution in [1.29, 1.82) is 0 Å². The van der Waals surface area contributed by atoms with Gasteiger partial charge in [0.2, 0.25) is 11.8 Å². The second-order valence-corrected chi connectivity index (χ2v) is 6.24. The Morgan fingerprint density at radius 2 is 2.12 bits per heavy atom. The van der Waals surface area contributed by atoms with Crippen LogP contribution in [0.3, 0.4) is 0 Å². The minimum Gasteiger partial charge on any atom is -0.480 e. The quantitative estimate of drug-likeness (QED) is 0.862. The molecule has 0 radical (unpaired) electrons. The molecular formula is C19H19ClN2O3. The van der Waals surface area contributed by atoms with Crippen LogP contribution >= 0.6 is 11.6 Å². The number of aromatic nitrogens is 1. The predicted octanol–water partition coefficient (Wildman–Crippen LogP) is 2.95. The van der Waals surface area contributed by atoms with Crippen molar-refractivity contribution in [3.63, 3.8) is 0 Å². The molecule has 0 unspecified atom stereocenters. The first kappa shape index (κ1) is 17.5. The molecule has 0 saturated carbocycles. The Labute approximate surface area is 151 Å². The number of nitrogens with zero attached hydrogens (tertiary/aromatic N) is 1. The highest BCUT2D eigenvalue weighted by Crippen LogP contribution is 2.29. The molecule has 1 aliphatic heterocycles. The van der Waals surface area contributed by atoms with Crippen molar-refractivity contribution >= 4 is 23.1 Å². The van der Waals surface area contributed by atoms with E-state index in [0.29, 0.717) is 23.0 Å². The third kappa shape index (κ3) is 4.00. The lowest BCUT2D eigenvalue weighted by Gasteiger charge is -2.13. The van der Waals surface area contributed by atoms with Gasteiger partial charge in [0.25, 0.3) is 0 Å². The molecule has 2 aromatic rings. The van der Waals surface area contributed by atoms with Gasteiger partial charge in [-0.25, -0.2) is 4.98 Å². The van der Waals surface area contributed by atoms with Crippen molar-refractivity contribution in [2.75, 3.05) is 7.11 Å². The molecule has 1 aromatic carbocycles. The van der Waals surface area contributed by atoms with E-state index in [2.05, 4.69) is 10.3 Å². The van der Waals surface area contributed by atoms with Crippen LogP contribution in [0.25, 0.3) is 5.57 Å². The third-order valence-electron chi connectivity index (χ3n) is 4.13. The maximum atomic E-state index is 11.5. The van der Waals surface area contributed by atoms with Gasteiger partial charge in [-0.2, -0.15) is 0 Å². The number of pyridine rings is 1. The van der Waals surface area contributed by atoms with Crippen molar-refractivity contribution in [3.05, 3.63) is 64.3 Å². The Bertz CT molecular complexity index is 803. The van der Waals surface area contributed by atoms with Crippen LogP contribution in [0.5, 0.6) is 5.88 Å². The van der Waals surface area contributed by atoms with Gasteiger partial charge >= 0.3 is 0 Å². The summed E-state index contributed by atoms with van der Waals surface area (Å²) >= 11 is 6.08. The summed E-state index contributed by atoms with van der Waals surface area (Å²) in [5.74, 6) is 0.408. The Balaban J connectivity index is 2.04. The van der Waals surface area contributed by atoms with Crippen molar-refractivity contribution in [1.82, 2.24) is 10.3 Å². The Kier molecular flexibility index (Phi) is 5.36. The highest BCUT2D eigenvalue weighted by atomic mass is 35.5. The number of hydrogen-bond donors (Lipinski definition) is 2. The topological polar surface area (TPSA) is 71.5 Å². The average Bonchev–Trinajstić information content (AvgIpc) is 3.05. The smallest absolute Gasteiger partial charge is 0.232 e. The number of rotatable bonds is 5. The van der Waals surface area contributed by atoms with Crippen LogP contribution in [0.2, 0.25) is 5.02 Å². The fourth-order valence-corrected chi connectivity index (χ4v) is 2.98. The zero-order chi connectivity index (χ0) is 17.8. The maximum absolute atomic E-state index is 11.5. The largest absolute Gasteiger partial charge is 0.480 e. The highest BCUT2D eigenvalue weighted by molar-refractivity contribution is 6.31. The summed E-state index contributed by atoms with van der Waals surface area (Å²) in [5.41, 5.74) is 3.36. The molecule has 6 heteroatoms. The fraction of sp³-hybridized carbons (Fsp3) is 0.263. The highest BCUT2D eigenvalue weighted by Gasteiger charge is 2.21. The molecule has 0 bridgehead atoms. The van der Waals surface area contributed by atoms with Gasteiger partial charge in [-0.05, 0) is 29.7 Å². The van der Waals surface area contributed by atoms with Gasteiger partial charge in [0, 0.05) is 18.0 Å². The summed E-state index contributed by atoms with van der Waals surface area (Å²) in [5, 5.41) is 12.6. The SMILES string of the molecule is COc1nc(/C(=C/[C@H]2CCC(=O)N2)c2ccc(CO)cc2)ccc1Cl. The molecule has 1 fully saturated rings. The molecule has 2 heterocycles. The molecule has 1 atom stereocenters. The molecule has 1 amide bonds. The van der Waals surface area contributed by atoms with E-state index in [-0.39, 0.29) is 18.6 Å². The predicted molar refractivity (Wildman–Crippen MR) is 96.4 cm³/mol. The standard InChI is InChI=1S/C19H19ClN2O3/c1-25-19-16(20)7-8-17(22-19)15(10-14-6-9-18(24)21-14)13-4-2-12(11-23)3-5-13/h2-5,7-8,10,14,23H,6,9,11H2,1H3,(H,21,24)/b15-10+/t14-/m1/s1. The summed E-state index contributed by atoms with van der Waals surface area (Å²) in [6.07, 6.45) is 3.28. The Morgan fingerprint density at radius 3 is 2.72 bits per heavy atom. The van der Waals surface area contributed by atoms with Crippen LogP contribution in [0.15, 0.2) is 42.5 Å². The van der Waals surface area contributed by atoms with Crippen LogP contribution in [0, 0.1) is 0 Å². The maximum Gasteiger partial charge on any atom is 0.232 e. The number of carbonyl (C=O) groups excluding carboxylic acids is 1. The molecule has 1 aromatic heterocycles. The number of carbonyl (C=O) groups is 1. The molecule has 5 nitrogen and oxygen atoms in total. The van der Waals surface area contributed by atoms with Gasteiger partial charge < -0.3 is 15.2 Å². The van der Waals surface area contributed by atoms with Gasteiger partial charge in [-0.15, -0.1) is 0 Å². The number of hydrogen-bond acceptors (Lipinski definition) is 4. The molecule has 0 spiro atoms. The second-order valence-electron chi connectivity index (χ2n) is 5.84. The second kappa shape index (κ2) is 7.68. The zero-order valence-electron chi connectivity index (χ0n) is 13.8. The van der Waals surface area contributed by atoms with E-state index in [9.17, 15) is 9.90 Å². The minimum absolute atomic E-state index is 0.00890. The molecule has 130 valence electrons. The van der Waals surface area contributed by atoms with Crippen LogP contribution in [0.1, 0.15) is 29.7 Å². The molecule has 1 aliphatic rings. The molecular weight excluding hydrogens is 340 g/mol. The lowest BCUT2D eigenvalue weighted by atomic mass is 9.98. The molecule has 0 aliphatic carbocycles. The van der Waals surface area contributed by atoms with E-state index in [1.165, 1.54) is 7.11 Å². The number of nitrogens with one attached hydrogen (secondary N) is 1. The van der Waals surface area contributed by atoms with E-state index < -0.39 is 0 Å². The lowest BCUT2D eigenvalue weighted by molar-refractivity contribution is -0.119. The van der Waals surface area contributed by atoms with E-state index in [4.69, 9.17) is 16.3 Å². The van der Waals surface area contributed by atoms with Crippen LogP contribution in [0.4, 0.5) is 0 Å². The van der Waals surface area contributed by atoms with Crippen molar-refractivity contribution in [2.45, 2.75) is 25.5 Å². The van der Waals surface area contributed by atoms with Gasteiger partial charge in [-0.1, -0.05) is 41.9 Å². The van der Waals surface area contributed by atoms with Crippen LogP contribution in [-0.2, 0) is 11.4 Å². The summed E-state index contributed by atoms with van der Waals surface area (Å²) in [7, 11) is 1.52. The van der Waals surface area contributed by atoms with Crippen LogP contribution in [-0.4, -0.2) is 29.1 Å².